The summed E-state index contributed by atoms with van der Waals surface area (Å²) in [5.41, 5.74) is -0.0798. The minimum Gasteiger partial charge on any atom is -0.369 e. The summed E-state index contributed by atoms with van der Waals surface area (Å²) in [6, 6.07) is 5.26. The Labute approximate surface area is 114 Å². The topological polar surface area (TPSA) is 27.0 Å². The number of alkyl halides is 3. The van der Waals surface area contributed by atoms with Gasteiger partial charge in [-0.1, -0.05) is 6.92 Å². The number of halogens is 3. The Balaban J connectivity index is 2.34. The first-order chi connectivity index (χ1) is 8.91. The van der Waals surface area contributed by atoms with Crippen molar-refractivity contribution in [3.63, 3.8) is 0 Å². The third kappa shape index (κ3) is 3.16. The van der Waals surface area contributed by atoms with E-state index in [-0.39, 0.29) is 5.56 Å². The highest BCUT2D eigenvalue weighted by molar-refractivity contribution is 8.00. The molecule has 0 spiro atoms. The number of benzene rings is 1. The number of anilines is 1. The van der Waals surface area contributed by atoms with Gasteiger partial charge in [0.05, 0.1) is 16.8 Å². The Bertz CT molecular complexity index is 508. The van der Waals surface area contributed by atoms with Crippen LogP contribution >= 0.6 is 11.8 Å². The quantitative estimate of drug-likeness (QED) is 0.790. The molecule has 2 nitrogen and oxygen atoms in total. The van der Waals surface area contributed by atoms with Gasteiger partial charge in [-0.2, -0.15) is 30.2 Å². The van der Waals surface area contributed by atoms with E-state index >= 15 is 0 Å². The second-order valence-electron chi connectivity index (χ2n) is 4.47. The summed E-state index contributed by atoms with van der Waals surface area (Å²) in [6.07, 6.45) is -4.41. The predicted octanol–water partition coefficient (Wildman–Crippen LogP) is 3.52. The maximum atomic E-state index is 12.6. The molecule has 102 valence electrons. The summed E-state index contributed by atoms with van der Waals surface area (Å²) in [5, 5.41) is 9.47. The third-order valence-corrected chi connectivity index (χ3v) is 4.16. The summed E-state index contributed by atoms with van der Waals surface area (Å²) in [4.78, 5) is 1.99. The van der Waals surface area contributed by atoms with Crippen LogP contribution in [0.4, 0.5) is 18.9 Å². The smallest absolute Gasteiger partial charge is 0.369 e. The maximum Gasteiger partial charge on any atom is 0.416 e. The van der Waals surface area contributed by atoms with Crippen molar-refractivity contribution < 1.29 is 13.2 Å². The van der Waals surface area contributed by atoms with Crippen molar-refractivity contribution in [3.8, 4) is 6.07 Å². The molecule has 0 amide bonds. The summed E-state index contributed by atoms with van der Waals surface area (Å²) in [6.45, 7) is 3.59. The van der Waals surface area contributed by atoms with Crippen LogP contribution in [0, 0.1) is 11.3 Å². The fourth-order valence-corrected chi connectivity index (χ4v) is 3.13. The van der Waals surface area contributed by atoms with E-state index in [1.807, 2.05) is 22.7 Å². The lowest BCUT2D eigenvalue weighted by Gasteiger charge is -2.33. The first-order valence-electron chi connectivity index (χ1n) is 5.89. The van der Waals surface area contributed by atoms with Crippen LogP contribution in [0.5, 0.6) is 0 Å². The van der Waals surface area contributed by atoms with Crippen LogP contribution in [0.15, 0.2) is 18.2 Å². The number of nitriles is 1. The zero-order chi connectivity index (χ0) is 14.0. The molecule has 0 radical (unpaired) electrons. The lowest BCUT2D eigenvalue weighted by Crippen LogP contribution is -2.37. The highest BCUT2D eigenvalue weighted by Crippen LogP contribution is 2.33. The largest absolute Gasteiger partial charge is 0.416 e. The van der Waals surface area contributed by atoms with Crippen LogP contribution in [0.3, 0.4) is 0 Å². The molecule has 0 saturated carbocycles. The van der Waals surface area contributed by atoms with Crippen LogP contribution in [-0.4, -0.2) is 24.1 Å². The van der Waals surface area contributed by atoms with Gasteiger partial charge in [0.2, 0.25) is 0 Å². The van der Waals surface area contributed by atoms with Gasteiger partial charge in [-0.3, -0.25) is 0 Å². The van der Waals surface area contributed by atoms with E-state index in [0.29, 0.717) is 10.9 Å². The average molecular weight is 286 g/mol. The number of hydrogen-bond acceptors (Lipinski definition) is 3. The minimum absolute atomic E-state index is 0.0916. The van der Waals surface area contributed by atoms with Gasteiger partial charge in [-0.15, -0.1) is 0 Å². The molecule has 1 heterocycles. The number of thioether (sulfide) groups is 1. The summed E-state index contributed by atoms with van der Waals surface area (Å²) in [5.74, 6) is 0.924. The van der Waals surface area contributed by atoms with Crippen molar-refractivity contribution in [2.75, 3.05) is 23.7 Å². The van der Waals surface area contributed by atoms with Gasteiger partial charge >= 0.3 is 6.18 Å². The highest BCUT2D eigenvalue weighted by atomic mass is 32.2. The lowest BCUT2D eigenvalue weighted by atomic mass is 10.1. The van der Waals surface area contributed by atoms with Crippen molar-refractivity contribution in [1.29, 1.82) is 5.26 Å². The van der Waals surface area contributed by atoms with Crippen LogP contribution in [-0.2, 0) is 6.18 Å². The van der Waals surface area contributed by atoms with Gasteiger partial charge in [-0.25, -0.2) is 0 Å². The Kier molecular flexibility index (Phi) is 3.95. The minimum atomic E-state index is -4.41. The first kappa shape index (κ1) is 14.1. The molecule has 1 aliphatic heterocycles. The molecular weight excluding hydrogens is 273 g/mol. The molecule has 0 aliphatic carbocycles. The Morgan fingerprint density at radius 3 is 2.74 bits per heavy atom. The van der Waals surface area contributed by atoms with Crippen molar-refractivity contribution in [2.45, 2.75) is 18.3 Å². The number of hydrogen-bond donors (Lipinski definition) is 0. The van der Waals surface area contributed by atoms with E-state index < -0.39 is 11.7 Å². The third-order valence-electron chi connectivity index (χ3n) is 3.03. The van der Waals surface area contributed by atoms with Crippen molar-refractivity contribution >= 4 is 17.4 Å². The lowest BCUT2D eigenvalue weighted by molar-refractivity contribution is -0.137. The van der Waals surface area contributed by atoms with E-state index in [1.165, 1.54) is 6.07 Å². The molecule has 19 heavy (non-hydrogen) atoms. The normalized spacial score (nSPS) is 20.2. The van der Waals surface area contributed by atoms with Crippen LogP contribution in [0.25, 0.3) is 0 Å². The van der Waals surface area contributed by atoms with Crippen LogP contribution in [0.1, 0.15) is 18.1 Å². The molecule has 0 aromatic heterocycles. The molecule has 1 aliphatic rings. The Morgan fingerprint density at radius 1 is 1.42 bits per heavy atom. The molecule has 1 saturated heterocycles. The average Bonchev–Trinajstić information content (AvgIpc) is 2.37. The summed E-state index contributed by atoms with van der Waals surface area (Å²) >= 11 is 1.83. The summed E-state index contributed by atoms with van der Waals surface area (Å²) < 4.78 is 37.8. The Hall–Kier alpha value is -1.35. The zero-order valence-electron chi connectivity index (χ0n) is 10.4. The monoisotopic (exact) mass is 286 g/mol. The molecular formula is C13H13F3N2S. The number of rotatable bonds is 1. The first-order valence-corrected chi connectivity index (χ1v) is 6.94. The van der Waals surface area contributed by atoms with Crippen molar-refractivity contribution in [1.82, 2.24) is 0 Å². The van der Waals surface area contributed by atoms with Gasteiger partial charge in [0.1, 0.15) is 6.07 Å². The maximum absolute atomic E-state index is 12.6. The molecule has 1 aromatic rings. The second kappa shape index (κ2) is 5.33. The second-order valence-corrected chi connectivity index (χ2v) is 6.02. The molecule has 1 fully saturated rings. The van der Waals surface area contributed by atoms with E-state index in [2.05, 4.69) is 6.92 Å². The highest BCUT2D eigenvalue weighted by Gasteiger charge is 2.31. The summed E-state index contributed by atoms with van der Waals surface area (Å²) in [7, 11) is 0. The molecule has 1 unspecified atom stereocenters. The van der Waals surface area contributed by atoms with Crippen molar-refractivity contribution in [2.24, 2.45) is 0 Å². The standard InChI is InChI=1S/C13H13F3N2S/c1-9-8-18(4-5-19-9)12-3-2-11(13(14,15)16)6-10(12)7-17/h2-3,6,9H,4-5,8H2,1H3. The van der Waals surface area contributed by atoms with E-state index in [1.54, 1.807) is 0 Å². The van der Waals surface area contributed by atoms with Crippen molar-refractivity contribution in [3.05, 3.63) is 29.3 Å². The zero-order valence-corrected chi connectivity index (χ0v) is 11.2. The van der Waals surface area contributed by atoms with Gasteiger partial charge in [-0.05, 0) is 18.2 Å². The molecule has 2 rings (SSSR count). The van der Waals surface area contributed by atoms with Crippen LogP contribution in [0.2, 0.25) is 0 Å². The molecule has 1 aromatic carbocycles. The molecule has 0 N–H and O–H groups in total. The van der Waals surface area contributed by atoms with Gasteiger partial charge in [0.25, 0.3) is 0 Å². The van der Waals surface area contributed by atoms with Gasteiger partial charge in [0, 0.05) is 24.1 Å². The predicted molar refractivity (Wildman–Crippen MR) is 70.3 cm³/mol. The van der Waals surface area contributed by atoms with Crippen LogP contribution < -0.4 is 4.90 Å². The van der Waals surface area contributed by atoms with E-state index in [4.69, 9.17) is 5.26 Å². The molecule has 0 bridgehead atoms. The van der Waals surface area contributed by atoms with E-state index in [0.717, 1.165) is 31.0 Å². The van der Waals surface area contributed by atoms with E-state index in [9.17, 15) is 13.2 Å². The molecule has 1 atom stereocenters. The fourth-order valence-electron chi connectivity index (χ4n) is 2.11. The van der Waals surface area contributed by atoms with Gasteiger partial charge < -0.3 is 4.90 Å². The fraction of sp³-hybridized carbons (Fsp3) is 0.462. The number of nitrogens with zero attached hydrogens (tertiary/aromatic N) is 2. The Morgan fingerprint density at radius 2 is 2.16 bits per heavy atom. The van der Waals surface area contributed by atoms with Gasteiger partial charge in [0.15, 0.2) is 0 Å². The SMILES string of the molecule is CC1CN(c2ccc(C(F)(F)F)cc2C#N)CCS1. The molecule has 6 heteroatoms.